The summed E-state index contributed by atoms with van der Waals surface area (Å²) in [6.07, 6.45) is 1.33. The lowest BCUT2D eigenvalue weighted by molar-refractivity contribution is -0.116. The number of hydrogen-bond donors (Lipinski definition) is 2. The molecule has 0 aliphatic heterocycles. The molecular weight excluding hydrogens is 334 g/mol. The number of benzene rings is 2. The molecule has 0 aliphatic carbocycles. The van der Waals surface area contributed by atoms with Crippen molar-refractivity contribution in [2.24, 2.45) is 0 Å². The summed E-state index contributed by atoms with van der Waals surface area (Å²) in [5.74, 6) is 0.233. The van der Waals surface area contributed by atoms with E-state index in [1.165, 1.54) is 23.0 Å². The third-order valence-electron chi connectivity index (χ3n) is 3.76. The summed E-state index contributed by atoms with van der Waals surface area (Å²) in [6, 6.07) is 14.9. The number of rotatable bonds is 5. The SMILES string of the molecule is COc1ccc(-c2cc(=O)n(CC(=O)Nc3ccccc3O)cn2)cc1. The summed E-state index contributed by atoms with van der Waals surface area (Å²) in [4.78, 5) is 28.6. The molecular formula is C19H17N3O4. The number of phenolic OH excluding ortho intramolecular Hbond substituents is 1. The second-order valence-corrected chi connectivity index (χ2v) is 5.53. The van der Waals surface area contributed by atoms with Crippen LogP contribution >= 0.6 is 0 Å². The van der Waals surface area contributed by atoms with Gasteiger partial charge in [-0.1, -0.05) is 12.1 Å². The van der Waals surface area contributed by atoms with Gasteiger partial charge in [0, 0.05) is 11.6 Å². The quantitative estimate of drug-likeness (QED) is 0.688. The highest BCUT2D eigenvalue weighted by molar-refractivity contribution is 5.92. The third kappa shape index (κ3) is 3.89. The number of para-hydroxylation sites is 2. The number of anilines is 1. The molecule has 3 aromatic rings. The second-order valence-electron chi connectivity index (χ2n) is 5.53. The molecule has 0 atom stereocenters. The summed E-state index contributed by atoms with van der Waals surface area (Å²) in [7, 11) is 1.58. The van der Waals surface area contributed by atoms with Crippen molar-refractivity contribution >= 4 is 11.6 Å². The first-order valence-corrected chi connectivity index (χ1v) is 7.85. The molecule has 26 heavy (non-hydrogen) atoms. The Balaban J connectivity index is 1.74. The fourth-order valence-corrected chi connectivity index (χ4v) is 2.39. The average Bonchev–Trinajstić information content (AvgIpc) is 2.65. The highest BCUT2D eigenvalue weighted by Crippen LogP contribution is 2.21. The fraction of sp³-hybridized carbons (Fsp3) is 0.105. The summed E-state index contributed by atoms with van der Waals surface area (Å²) in [5, 5.41) is 12.2. The maximum atomic E-state index is 12.3. The molecule has 2 aromatic carbocycles. The average molecular weight is 351 g/mol. The topological polar surface area (TPSA) is 93.5 Å². The molecule has 0 saturated heterocycles. The van der Waals surface area contributed by atoms with E-state index in [9.17, 15) is 14.7 Å². The van der Waals surface area contributed by atoms with E-state index in [-0.39, 0.29) is 23.5 Å². The van der Waals surface area contributed by atoms with Crippen molar-refractivity contribution in [3.05, 3.63) is 71.3 Å². The van der Waals surface area contributed by atoms with Crippen LogP contribution in [0.5, 0.6) is 11.5 Å². The second kappa shape index (κ2) is 7.52. The molecule has 0 fully saturated rings. The van der Waals surface area contributed by atoms with E-state index in [0.717, 1.165) is 5.56 Å². The molecule has 1 amide bonds. The molecule has 7 heteroatoms. The standard InChI is InChI=1S/C19H17N3O4/c1-26-14-8-6-13(7-9-14)16-10-19(25)22(12-20-16)11-18(24)21-15-4-2-3-5-17(15)23/h2-10,12,23H,11H2,1H3,(H,21,24). The van der Waals surface area contributed by atoms with E-state index in [0.29, 0.717) is 11.4 Å². The van der Waals surface area contributed by atoms with Gasteiger partial charge in [-0.05, 0) is 36.4 Å². The predicted molar refractivity (Wildman–Crippen MR) is 97.2 cm³/mol. The first-order chi connectivity index (χ1) is 12.6. The predicted octanol–water partition coefficient (Wildman–Crippen LogP) is 2.26. The van der Waals surface area contributed by atoms with Crippen LogP contribution in [-0.2, 0) is 11.3 Å². The van der Waals surface area contributed by atoms with Gasteiger partial charge < -0.3 is 15.2 Å². The summed E-state index contributed by atoms with van der Waals surface area (Å²) >= 11 is 0. The summed E-state index contributed by atoms with van der Waals surface area (Å²) < 4.78 is 6.30. The van der Waals surface area contributed by atoms with E-state index >= 15 is 0 Å². The lowest BCUT2D eigenvalue weighted by Crippen LogP contribution is -2.27. The Morgan fingerprint density at radius 3 is 2.58 bits per heavy atom. The van der Waals surface area contributed by atoms with Gasteiger partial charge in [0.25, 0.3) is 5.56 Å². The number of ether oxygens (including phenoxy) is 1. The maximum absolute atomic E-state index is 12.3. The van der Waals surface area contributed by atoms with Gasteiger partial charge in [0.2, 0.25) is 5.91 Å². The Bertz CT molecular complexity index is 981. The highest BCUT2D eigenvalue weighted by atomic mass is 16.5. The van der Waals surface area contributed by atoms with Crippen LogP contribution in [0.25, 0.3) is 11.3 Å². The third-order valence-corrected chi connectivity index (χ3v) is 3.76. The number of nitrogens with one attached hydrogen (secondary N) is 1. The van der Waals surface area contributed by atoms with E-state index in [1.807, 2.05) is 0 Å². The Kier molecular flexibility index (Phi) is 4.98. The van der Waals surface area contributed by atoms with Crippen LogP contribution in [0.2, 0.25) is 0 Å². The molecule has 0 saturated carbocycles. The molecule has 1 aromatic heterocycles. The van der Waals surface area contributed by atoms with Crippen molar-refractivity contribution in [1.29, 1.82) is 0 Å². The van der Waals surface area contributed by atoms with Crippen LogP contribution < -0.4 is 15.6 Å². The largest absolute Gasteiger partial charge is 0.506 e. The number of amides is 1. The normalized spacial score (nSPS) is 10.3. The molecule has 0 radical (unpaired) electrons. The van der Waals surface area contributed by atoms with Crippen molar-refractivity contribution in [2.45, 2.75) is 6.54 Å². The molecule has 0 unspecified atom stereocenters. The summed E-state index contributed by atoms with van der Waals surface area (Å²) in [5.41, 5.74) is 1.22. The number of phenols is 1. The fourth-order valence-electron chi connectivity index (χ4n) is 2.39. The molecule has 0 bridgehead atoms. The lowest BCUT2D eigenvalue weighted by Gasteiger charge is -2.09. The molecule has 132 valence electrons. The van der Waals surface area contributed by atoms with Crippen LogP contribution in [0.1, 0.15) is 0 Å². The monoisotopic (exact) mass is 351 g/mol. The van der Waals surface area contributed by atoms with Crippen molar-refractivity contribution in [1.82, 2.24) is 9.55 Å². The Labute approximate surface area is 149 Å². The van der Waals surface area contributed by atoms with Crippen LogP contribution in [-0.4, -0.2) is 27.7 Å². The van der Waals surface area contributed by atoms with Crippen LogP contribution in [0.3, 0.4) is 0 Å². The lowest BCUT2D eigenvalue weighted by atomic mass is 10.1. The van der Waals surface area contributed by atoms with Crippen molar-refractivity contribution < 1.29 is 14.6 Å². The number of carbonyl (C=O) groups is 1. The van der Waals surface area contributed by atoms with Gasteiger partial charge in [0.15, 0.2) is 0 Å². The number of hydrogen-bond acceptors (Lipinski definition) is 5. The maximum Gasteiger partial charge on any atom is 0.254 e. The van der Waals surface area contributed by atoms with Gasteiger partial charge >= 0.3 is 0 Å². The van der Waals surface area contributed by atoms with E-state index in [1.54, 1.807) is 49.6 Å². The Hall–Kier alpha value is -3.61. The van der Waals surface area contributed by atoms with Crippen molar-refractivity contribution in [2.75, 3.05) is 12.4 Å². The Morgan fingerprint density at radius 1 is 1.19 bits per heavy atom. The molecule has 2 N–H and O–H groups in total. The number of aromatic nitrogens is 2. The van der Waals surface area contributed by atoms with E-state index in [4.69, 9.17) is 4.74 Å². The summed E-state index contributed by atoms with van der Waals surface area (Å²) in [6.45, 7) is -0.205. The van der Waals surface area contributed by atoms with Gasteiger partial charge in [0.1, 0.15) is 18.0 Å². The van der Waals surface area contributed by atoms with Crippen LogP contribution in [0, 0.1) is 0 Å². The molecule has 7 nitrogen and oxygen atoms in total. The first kappa shape index (κ1) is 17.2. The van der Waals surface area contributed by atoms with Gasteiger partial charge in [0.05, 0.1) is 24.8 Å². The first-order valence-electron chi connectivity index (χ1n) is 7.85. The van der Waals surface area contributed by atoms with Gasteiger partial charge in [-0.3, -0.25) is 14.2 Å². The number of aromatic hydroxyl groups is 1. The molecule has 0 spiro atoms. The number of nitrogens with zero attached hydrogens (tertiary/aromatic N) is 2. The van der Waals surface area contributed by atoms with Crippen LogP contribution in [0.15, 0.2) is 65.7 Å². The minimum absolute atomic E-state index is 0.0406. The molecule has 1 heterocycles. The Morgan fingerprint density at radius 2 is 1.92 bits per heavy atom. The van der Waals surface area contributed by atoms with Gasteiger partial charge in [-0.15, -0.1) is 0 Å². The van der Waals surface area contributed by atoms with Gasteiger partial charge in [-0.25, -0.2) is 4.98 Å². The van der Waals surface area contributed by atoms with Gasteiger partial charge in [-0.2, -0.15) is 0 Å². The highest BCUT2D eigenvalue weighted by Gasteiger charge is 2.09. The van der Waals surface area contributed by atoms with E-state index < -0.39 is 5.91 Å². The zero-order valence-corrected chi connectivity index (χ0v) is 14.0. The molecule has 3 rings (SSSR count). The van der Waals surface area contributed by atoms with Crippen LogP contribution in [0.4, 0.5) is 5.69 Å². The van der Waals surface area contributed by atoms with Crippen molar-refractivity contribution in [3.63, 3.8) is 0 Å². The number of carbonyl (C=O) groups excluding carboxylic acids is 1. The molecule has 0 aliphatic rings. The number of methoxy groups -OCH3 is 1. The van der Waals surface area contributed by atoms with E-state index in [2.05, 4.69) is 10.3 Å². The van der Waals surface area contributed by atoms with Crippen molar-refractivity contribution in [3.8, 4) is 22.8 Å². The minimum Gasteiger partial charge on any atom is -0.506 e. The minimum atomic E-state index is -0.437. The zero-order valence-electron chi connectivity index (χ0n) is 14.0. The zero-order chi connectivity index (χ0) is 18.5. The smallest absolute Gasteiger partial charge is 0.254 e.